The van der Waals surface area contributed by atoms with Crippen LogP contribution in [0, 0.1) is 12.8 Å². The highest BCUT2D eigenvalue weighted by Crippen LogP contribution is 2.27. The maximum atomic E-state index is 12.8. The van der Waals surface area contributed by atoms with Crippen molar-refractivity contribution in [3.8, 4) is 0 Å². The second-order valence-electron chi connectivity index (χ2n) is 7.63. The molecule has 2 aliphatic rings. The number of hydrogen-bond acceptors (Lipinski definition) is 3. The number of amides is 2. The molecule has 144 valence electrons. The molecule has 3 rings (SSSR count). The van der Waals surface area contributed by atoms with Gasteiger partial charge in [-0.2, -0.15) is 0 Å². The van der Waals surface area contributed by atoms with Gasteiger partial charge in [-0.05, 0) is 76.1 Å². The Balaban J connectivity index is 0.00000243. The van der Waals surface area contributed by atoms with Crippen LogP contribution in [0.15, 0.2) is 18.2 Å². The number of nitrogens with two attached hydrogens (primary N) is 1. The van der Waals surface area contributed by atoms with E-state index in [1.807, 2.05) is 30.0 Å². The predicted molar refractivity (Wildman–Crippen MR) is 107 cm³/mol. The quantitative estimate of drug-likeness (QED) is 0.843. The number of nitrogens with zero attached hydrogens (tertiary/aromatic N) is 1. The highest BCUT2D eigenvalue weighted by molar-refractivity contribution is 5.97. The van der Waals surface area contributed by atoms with Crippen LogP contribution in [0.1, 0.15) is 61.4 Å². The number of hydrogen-bond donors (Lipinski definition) is 2. The average molecular weight is 380 g/mol. The lowest BCUT2D eigenvalue weighted by Crippen LogP contribution is -2.42. The Hall–Kier alpha value is -1.59. The van der Waals surface area contributed by atoms with E-state index >= 15 is 0 Å². The van der Waals surface area contributed by atoms with E-state index in [1.54, 1.807) is 0 Å². The zero-order chi connectivity index (χ0) is 18.0. The lowest BCUT2D eigenvalue weighted by molar-refractivity contribution is -0.119. The number of anilines is 1. The van der Waals surface area contributed by atoms with Gasteiger partial charge in [0.25, 0.3) is 5.91 Å². The molecular formula is C20H30ClN3O2. The van der Waals surface area contributed by atoms with Gasteiger partial charge in [0.1, 0.15) is 0 Å². The van der Waals surface area contributed by atoms with Crippen LogP contribution in [0.2, 0.25) is 0 Å². The molecule has 0 bridgehead atoms. The highest BCUT2D eigenvalue weighted by atomic mass is 35.5. The molecule has 26 heavy (non-hydrogen) atoms. The molecule has 1 aromatic rings. The predicted octanol–water partition coefficient (Wildman–Crippen LogP) is 3.50. The van der Waals surface area contributed by atoms with Crippen LogP contribution in [0.4, 0.5) is 5.69 Å². The lowest BCUT2D eigenvalue weighted by atomic mass is 10.0. The summed E-state index contributed by atoms with van der Waals surface area (Å²) in [5, 5.41) is 3.01. The summed E-state index contributed by atoms with van der Waals surface area (Å²) in [6.07, 6.45) is 5.87. The van der Waals surface area contributed by atoms with Gasteiger partial charge >= 0.3 is 0 Å². The Kier molecular flexibility index (Phi) is 7.07. The summed E-state index contributed by atoms with van der Waals surface area (Å²) in [4.78, 5) is 27.1. The van der Waals surface area contributed by atoms with E-state index in [4.69, 9.17) is 5.73 Å². The van der Waals surface area contributed by atoms with E-state index in [1.165, 1.54) is 6.42 Å². The van der Waals surface area contributed by atoms with Crippen LogP contribution in [-0.4, -0.2) is 35.3 Å². The summed E-state index contributed by atoms with van der Waals surface area (Å²) < 4.78 is 0. The first-order valence-electron chi connectivity index (χ1n) is 9.43. The van der Waals surface area contributed by atoms with Crippen molar-refractivity contribution in [1.82, 2.24) is 4.90 Å². The topological polar surface area (TPSA) is 75.4 Å². The second-order valence-corrected chi connectivity index (χ2v) is 7.63. The minimum Gasteiger partial charge on any atom is -0.336 e. The standard InChI is InChI=1S/C20H29N3O2.ClH/c1-13-11-16(20(25)23-10-4-3-5-14(23)2)7-9-18(13)22-19(24)15-6-8-17(21)12-15;/h7,9,11,14-15,17H,3-6,8,10,12,21H2,1-2H3,(H,22,24);1H. The van der Waals surface area contributed by atoms with E-state index in [0.717, 1.165) is 49.9 Å². The van der Waals surface area contributed by atoms with Crippen LogP contribution in [0.25, 0.3) is 0 Å². The number of likely N-dealkylation sites (tertiary alicyclic amines) is 1. The fourth-order valence-electron chi connectivity index (χ4n) is 3.99. The van der Waals surface area contributed by atoms with Crippen molar-refractivity contribution < 1.29 is 9.59 Å². The third-order valence-corrected chi connectivity index (χ3v) is 5.64. The molecular weight excluding hydrogens is 350 g/mol. The van der Waals surface area contributed by atoms with Gasteiger partial charge < -0.3 is 16.0 Å². The summed E-state index contributed by atoms with van der Waals surface area (Å²) in [7, 11) is 0. The molecule has 5 nitrogen and oxygen atoms in total. The molecule has 1 aromatic carbocycles. The Bertz CT molecular complexity index is 664. The molecule has 0 aromatic heterocycles. The smallest absolute Gasteiger partial charge is 0.254 e. The maximum absolute atomic E-state index is 12.8. The van der Waals surface area contributed by atoms with Crippen molar-refractivity contribution in [2.45, 2.75) is 64.5 Å². The number of carbonyl (C=O) groups is 2. The molecule has 6 heteroatoms. The molecule has 3 unspecified atom stereocenters. The number of benzene rings is 1. The van der Waals surface area contributed by atoms with E-state index < -0.39 is 0 Å². The van der Waals surface area contributed by atoms with Crippen molar-refractivity contribution in [3.63, 3.8) is 0 Å². The first-order valence-corrected chi connectivity index (χ1v) is 9.43. The van der Waals surface area contributed by atoms with E-state index in [-0.39, 0.29) is 36.2 Å². The molecule has 1 saturated heterocycles. The van der Waals surface area contributed by atoms with Gasteiger partial charge in [-0.3, -0.25) is 9.59 Å². The van der Waals surface area contributed by atoms with Crippen molar-refractivity contribution in [2.24, 2.45) is 11.7 Å². The molecule has 3 N–H and O–H groups in total. The zero-order valence-corrected chi connectivity index (χ0v) is 16.5. The Morgan fingerprint density at radius 3 is 2.58 bits per heavy atom. The SMILES string of the molecule is Cc1cc(C(=O)N2CCCCC2C)ccc1NC(=O)C1CCC(N)C1.Cl. The molecule has 1 heterocycles. The van der Waals surface area contributed by atoms with Gasteiger partial charge in [0, 0.05) is 35.8 Å². The third kappa shape index (κ3) is 4.57. The normalized spacial score (nSPS) is 25.5. The summed E-state index contributed by atoms with van der Waals surface area (Å²) in [5.41, 5.74) is 8.31. The molecule has 0 radical (unpaired) electrons. The Morgan fingerprint density at radius 2 is 1.96 bits per heavy atom. The van der Waals surface area contributed by atoms with Crippen molar-refractivity contribution in [3.05, 3.63) is 29.3 Å². The van der Waals surface area contributed by atoms with Gasteiger partial charge in [-0.1, -0.05) is 0 Å². The van der Waals surface area contributed by atoms with E-state index in [0.29, 0.717) is 11.6 Å². The van der Waals surface area contributed by atoms with Gasteiger partial charge in [0.2, 0.25) is 5.91 Å². The minimum atomic E-state index is 0. The third-order valence-electron chi connectivity index (χ3n) is 5.64. The van der Waals surface area contributed by atoms with Gasteiger partial charge in [-0.15, -0.1) is 12.4 Å². The first-order chi connectivity index (χ1) is 12.0. The monoisotopic (exact) mass is 379 g/mol. The number of piperidine rings is 1. The molecule has 1 aliphatic carbocycles. The molecule has 2 fully saturated rings. The van der Waals surface area contributed by atoms with Crippen LogP contribution in [-0.2, 0) is 4.79 Å². The van der Waals surface area contributed by atoms with Gasteiger partial charge in [0.15, 0.2) is 0 Å². The summed E-state index contributed by atoms with van der Waals surface area (Å²) in [5.74, 6) is 0.139. The summed E-state index contributed by atoms with van der Waals surface area (Å²) in [6, 6.07) is 6.01. The highest BCUT2D eigenvalue weighted by Gasteiger charge is 2.28. The largest absolute Gasteiger partial charge is 0.336 e. The second kappa shape index (κ2) is 8.87. The number of nitrogens with one attached hydrogen (secondary N) is 1. The van der Waals surface area contributed by atoms with Crippen molar-refractivity contribution in [2.75, 3.05) is 11.9 Å². The fourth-order valence-corrected chi connectivity index (χ4v) is 3.99. The fraction of sp³-hybridized carbons (Fsp3) is 0.600. The number of aryl methyl sites for hydroxylation is 1. The first kappa shape index (κ1) is 20.7. The van der Waals surface area contributed by atoms with Crippen LogP contribution in [0.5, 0.6) is 0 Å². The Labute approximate surface area is 162 Å². The maximum Gasteiger partial charge on any atom is 0.254 e. The van der Waals surface area contributed by atoms with Crippen LogP contribution >= 0.6 is 12.4 Å². The van der Waals surface area contributed by atoms with Gasteiger partial charge in [-0.25, -0.2) is 0 Å². The number of rotatable bonds is 3. The van der Waals surface area contributed by atoms with Crippen molar-refractivity contribution in [1.29, 1.82) is 0 Å². The van der Waals surface area contributed by atoms with Crippen molar-refractivity contribution >= 4 is 29.9 Å². The number of halogens is 1. The summed E-state index contributed by atoms with van der Waals surface area (Å²) in [6.45, 7) is 4.89. The van der Waals surface area contributed by atoms with Crippen LogP contribution < -0.4 is 11.1 Å². The zero-order valence-electron chi connectivity index (χ0n) is 15.7. The van der Waals surface area contributed by atoms with E-state index in [9.17, 15) is 9.59 Å². The molecule has 2 amide bonds. The van der Waals surface area contributed by atoms with Crippen LogP contribution in [0.3, 0.4) is 0 Å². The molecule has 1 saturated carbocycles. The lowest BCUT2D eigenvalue weighted by Gasteiger charge is -2.33. The molecule has 3 atom stereocenters. The Morgan fingerprint density at radius 1 is 1.19 bits per heavy atom. The molecule has 1 aliphatic heterocycles. The van der Waals surface area contributed by atoms with Gasteiger partial charge in [0.05, 0.1) is 0 Å². The molecule has 0 spiro atoms. The number of carbonyl (C=O) groups excluding carboxylic acids is 2. The van der Waals surface area contributed by atoms with E-state index in [2.05, 4.69) is 12.2 Å². The minimum absolute atomic E-state index is 0. The average Bonchev–Trinajstić information content (AvgIpc) is 3.03. The summed E-state index contributed by atoms with van der Waals surface area (Å²) >= 11 is 0.